The van der Waals surface area contributed by atoms with Crippen LogP contribution in [0, 0.1) is 8.99 Å². The molecule has 1 aromatic carbocycles. The van der Waals surface area contributed by atoms with E-state index in [0.29, 0.717) is 5.78 Å². The van der Waals surface area contributed by atoms with Crippen molar-refractivity contribution >= 4 is 28.4 Å². The summed E-state index contributed by atoms with van der Waals surface area (Å²) in [7, 11) is 0. The summed E-state index contributed by atoms with van der Waals surface area (Å²) in [6.45, 7) is 2.11. The molecule has 0 bridgehead atoms. The van der Waals surface area contributed by atoms with Crippen LogP contribution in [0.1, 0.15) is 43.0 Å². The fraction of sp³-hybridized carbons (Fsp3) is 0.462. The Labute approximate surface area is 104 Å². The molecule has 2 rings (SSSR count). The molecule has 2 heteroatoms. The van der Waals surface area contributed by atoms with Gasteiger partial charge >= 0.3 is 0 Å². The number of hydrogen-bond acceptors (Lipinski definition) is 1. The van der Waals surface area contributed by atoms with E-state index >= 15 is 0 Å². The van der Waals surface area contributed by atoms with Crippen LogP contribution in [0.2, 0.25) is 0 Å². The Morgan fingerprint density at radius 2 is 1.73 bits per heavy atom. The number of rotatable bonds is 2. The highest BCUT2D eigenvalue weighted by Gasteiger charge is 2.36. The Kier molecular flexibility index (Phi) is 3.14. The molecular weight excluding hydrogens is 299 g/mol. The fourth-order valence-corrected chi connectivity index (χ4v) is 2.69. The fourth-order valence-electron chi connectivity index (χ4n) is 2.33. The van der Waals surface area contributed by atoms with Crippen molar-refractivity contribution in [2.24, 2.45) is 5.41 Å². The molecule has 0 N–H and O–H groups in total. The summed E-state index contributed by atoms with van der Waals surface area (Å²) in [5.74, 6) is 0.330. The number of carbonyl (C=O) groups excluding carboxylic acids is 1. The van der Waals surface area contributed by atoms with Crippen LogP contribution in [-0.2, 0) is 0 Å². The van der Waals surface area contributed by atoms with Gasteiger partial charge in [0.2, 0.25) is 0 Å². The minimum absolute atomic E-state index is 0.0905. The Bertz CT molecular complexity index is 361. The molecule has 1 aliphatic carbocycles. The molecule has 0 aromatic heterocycles. The van der Waals surface area contributed by atoms with Crippen LogP contribution in [0.5, 0.6) is 0 Å². The number of benzene rings is 1. The van der Waals surface area contributed by atoms with E-state index in [0.717, 1.165) is 18.4 Å². The largest absolute Gasteiger partial charge is 0.294 e. The maximum absolute atomic E-state index is 12.3. The molecule has 0 aliphatic heterocycles. The summed E-state index contributed by atoms with van der Waals surface area (Å²) in [5, 5.41) is 0. The molecule has 0 heterocycles. The van der Waals surface area contributed by atoms with Crippen LogP contribution >= 0.6 is 22.6 Å². The summed E-state index contributed by atoms with van der Waals surface area (Å²) >= 11 is 2.26. The predicted molar refractivity (Wildman–Crippen MR) is 70.1 cm³/mol. The second-order valence-electron chi connectivity index (χ2n) is 4.60. The van der Waals surface area contributed by atoms with E-state index < -0.39 is 0 Å². The van der Waals surface area contributed by atoms with E-state index in [1.807, 2.05) is 24.3 Å². The molecule has 0 spiro atoms. The maximum Gasteiger partial charge on any atom is 0.168 e. The van der Waals surface area contributed by atoms with Crippen molar-refractivity contribution in [2.75, 3.05) is 0 Å². The quantitative estimate of drug-likeness (QED) is 0.594. The average molecular weight is 314 g/mol. The lowest BCUT2D eigenvalue weighted by Gasteiger charge is -2.21. The van der Waals surface area contributed by atoms with E-state index in [2.05, 4.69) is 29.5 Å². The van der Waals surface area contributed by atoms with Crippen molar-refractivity contribution in [1.29, 1.82) is 0 Å². The lowest BCUT2D eigenvalue weighted by atomic mass is 9.81. The van der Waals surface area contributed by atoms with Crippen LogP contribution in [0.15, 0.2) is 24.3 Å². The predicted octanol–water partition coefficient (Wildman–Crippen LogP) is 4.05. The highest BCUT2D eigenvalue weighted by Crippen LogP contribution is 2.40. The third-order valence-corrected chi connectivity index (χ3v) is 4.08. The van der Waals surface area contributed by atoms with Gasteiger partial charge in [-0.25, -0.2) is 0 Å². The zero-order chi connectivity index (χ0) is 10.9. The first kappa shape index (κ1) is 11.1. The van der Waals surface area contributed by atoms with Crippen molar-refractivity contribution in [2.45, 2.75) is 32.6 Å². The molecule has 1 nitrogen and oxygen atoms in total. The minimum atomic E-state index is -0.0905. The molecule has 0 unspecified atom stereocenters. The first-order chi connectivity index (χ1) is 7.12. The lowest BCUT2D eigenvalue weighted by Crippen LogP contribution is -2.24. The van der Waals surface area contributed by atoms with Gasteiger partial charge in [0.05, 0.1) is 0 Å². The zero-order valence-electron chi connectivity index (χ0n) is 8.92. The first-order valence-electron chi connectivity index (χ1n) is 5.42. The van der Waals surface area contributed by atoms with Gasteiger partial charge < -0.3 is 0 Å². The third kappa shape index (κ3) is 2.25. The van der Waals surface area contributed by atoms with Gasteiger partial charge in [0, 0.05) is 14.5 Å². The molecule has 80 valence electrons. The van der Waals surface area contributed by atoms with Crippen LogP contribution in [0.25, 0.3) is 0 Å². The summed E-state index contributed by atoms with van der Waals surface area (Å²) < 4.78 is 1.18. The van der Waals surface area contributed by atoms with Gasteiger partial charge in [0.15, 0.2) is 5.78 Å². The maximum atomic E-state index is 12.3. The second kappa shape index (κ2) is 4.24. The van der Waals surface area contributed by atoms with Gasteiger partial charge in [-0.3, -0.25) is 4.79 Å². The number of carbonyl (C=O) groups is 1. The summed E-state index contributed by atoms with van der Waals surface area (Å²) in [6.07, 6.45) is 4.51. The van der Waals surface area contributed by atoms with E-state index in [9.17, 15) is 4.79 Å². The summed E-state index contributed by atoms with van der Waals surface area (Å²) in [6, 6.07) is 7.92. The standard InChI is InChI=1S/C13H15IO/c1-13(8-2-3-9-13)12(15)10-4-6-11(14)7-5-10/h4-7H,2-3,8-9H2,1H3. The SMILES string of the molecule is CC1(C(=O)c2ccc(I)cc2)CCCC1. The van der Waals surface area contributed by atoms with E-state index in [-0.39, 0.29) is 5.41 Å². The minimum Gasteiger partial charge on any atom is -0.294 e. The second-order valence-corrected chi connectivity index (χ2v) is 5.85. The van der Waals surface area contributed by atoms with Crippen LogP contribution < -0.4 is 0 Å². The van der Waals surface area contributed by atoms with Crippen molar-refractivity contribution in [3.8, 4) is 0 Å². The number of hydrogen-bond donors (Lipinski definition) is 0. The van der Waals surface area contributed by atoms with E-state index in [1.165, 1.54) is 16.4 Å². The molecule has 15 heavy (non-hydrogen) atoms. The number of Topliss-reactive ketones (excluding diaryl/α,β-unsaturated/α-hetero) is 1. The number of ketones is 1. The van der Waals surface area contributed by atoms with Crippen molar-refractivity contribution < 1.29 is 4.79 Å². The number of halogens is 1. The molecular formula is C13H15IO. The normalized spacial score (nSPS) is 19.1. The highest BCUT2D eigenvalue weighted by atomic mass is 127. The van der Waals surface area contributed by atoms with Crippen molar-refractivity contribution in [1.82, 2.24) is 0 Å². The molecule has 0 atom stereocenters. The van der Waals surface area contributed by atoms with E-state index in [1.54, 1.807) is 0 Å². The highest BCUT2D eigenvalue weighted by molar-refractivity contribution is 14.1. The Morgan fingerprint density at radius 1 is 1.20 bits per heavy atom. The Hall–Kier alpha value is -0.380. The monoisotopic (exact) mass is 314 g/mol. The molecule has 0 radical (unpaired) electrons. The lowest BCUT2D eigenvalue weighted by molar-refractivity contribution is 0.0823. The zero-order valence-corrected chi connectivity index (χ0v) is 11.1. The van der Waals surface area contributed by atoms with Gasteiger partial charge in [0.1, 0.15) is 0 Å². The Balaban J connectivity index is 2.24. The topological polar surface area (TPSA) is 17.1 Å². The Morgan fingerprint density at radius 3 is 2.27 bits per heavy atom. The van der Waals surface area contributed by atoms with Gasteiger partial charge in [-0.1, -0.05) is 31.9 Å². The van der Waals surface area contributed by atoms with Crippen LogP contribution in [-0.4, -0.2) is 5.78 Å². The smallest absolute Gasteiger partial charge is 0.168 e. The van der Waals surface area contributed by atoms with Gasteiger partial charge in [0.25, 0.3) is 0 Å². The summed E-state index contributed by atoms with van der Waals surface area (Å²) in [5.41, 5.74) is 0.784. The van der Waals surface area contributed by atoms with Crippen LogP contribution in [0.3, 0.4) is 0 Å². The molecule has 1 saturated carbocycles. The van der Waals surface area contributed by atoms with Gasteiger partial charge in [-0.05, 0) is 47.6 Å². The molecule has 1 aromatic rings. The molecule has 1 fully saturated rings. The first-order valence-corrected chi connectivity index (χ1v) is 6.50. The van der Waals surface area contributed by atoms with E-state index in [4.69, 9.17) is 0 Å². The van der Waals surface area contributed by atoms with Gasteiger partial charge in [-0.15, -0.1) is 0 Å². The van der Waals surface area contributed by atoms with Crippen molar-refractivity contribution in [3.05, 3.63) is 33.4 Å². The van der Waals surface area contributed by atoms with Gasteiger partial charge in [-0.2, -0.15) is 0 Å². The van der Waals surface area contributed by atoms with Crippen LogP contribution in [0.4, 0.5) is 0 Å². The summed E-state index contributed by atoms with van der Waals surface area (Å²) in [4.78, 5) is 12.3. The molecule has 1 aliphatic rings. The molecule has 0 amide bonds. The average Bonchev–Trinajstić information content (AvgIpc) is 2.67. The third-order valence-electron chi connectivity index (χ3n) is 3.36. The van der Waals surface area contributed by atoms with Crippen molar-refractivity contribution in [3.63, 3.8) is 0 Å². The molecule has 0 saturated heterocycles.